The maximum Gasteiger partial charge on any atom is 0.246 e. The summed E-state index contributed by atoms with van der Waals surface area (Å²) in [6.45, 7) is 4.98. The van der Waals surface area contributed by atoms with Gasteiger partial charge in [-0.1, -0.05) is 35.8 Å². The number of anilines is 1. The lowest BCUT2D eigenvalue weighted by molar-refractivity contribution is -0.125. The molecule has 1 unspecified atom stereocenters. The first-order chi connectivity index (χ1) is 16.4. The van der Waals surface area contributed by atoms with E-state index in [4.69, 9.17) is 37.7 Å². The van der Waals surface area contributed by atoms with Gasteiger partial charge in [0.05, 0.1) is 35.8 Å². The molecule has 2 fully saturated rings. The molecule has 0 bridgehead atoms. The van der Waals surface area contributed by atoms with Crippen molar-refractivity contribution in [3.63, 3.8) is 0 Å². The van der Waals surface area contributed by atoms with E-state index in [1.54, 1.807) is 26.5 Å². The van der Waals surface area contributed by atoms with Gasteiger partial charge >= 0.3 is 0 Å². The number of hydrogen-bond acceptors (Lipinski definition) is 6. The fourth-order valence-electron chi connectivity index (χ4n) is 4.69. The molecule has 1 saturated heterocycles. The molecule has 176 valence electrons. The molecule has 34 heavy (non-hydrogen) atoms. The zero-order valence-electron chi connectivity index (χ0n) is 18.9. The van der Waals surface area contributed by atoms with E-state index in [1.807, 2.05) is 23.1 Å². The third-order valence-corrected chi connectivity index (χ3v) is 7.52. The Balaban J connectivity index is 1.44. The molecule has 1 amide bonds. The van der Waals surface area contributed by atoms with Crippen molar-refractivity contribution >= 4 is 46.0 Å². The van der Waals surface area contributed by atoms with E-state index in [9.17, 15) is 4.79 Å². The van der Waals surface area contributed by atoms with Crippen LogP contribution in [0.25, 0.3) is 22.0 Å². The van der Waals surface area contributed by atoms with Crippen molar-refractivity contribution < 1.29 is 14.3 Å². The average molecular weight is 499 g/mol. The Morgan fingerprint density at radius 1 is 1.21 bits per heavy atom. The lowest BCUT2D eigenvalue weighted by Crippen LogP contribution is -2.32. The standard InChI is InChI=1S/C25H24Cl2N4O3/c1-4-20(32)31-12-19(25(13-31)7-8-25)30-24-28-11-15-9-14(5-6-16(15)29-24)21-22(26)17(33-2)10-18(34-3)23(21)27/h4-6,9-11,19H,1,7-8,12-13H2,2-3H3,(H,28,29,30). The number of carbonyl (C=O) groups is 1. The molecule has 2 aliphatic rings. The van der Waals surface area contributed by atoms with Gasteiger partial charge in [0.2, 0.25) is 11.9 Å². The van der Waals surface area contributed by atoms with Crippen molar-refractivity contribution in [3.8, 4) is 22.6 Å². The molecule has 1 N–H and O–H groups in total. The minimum absolute atomic E-state index is 0.0333. The van der Waals surface area contributed by atoms with Gasteiger partial charge in [-0.25, -0.2) is 9.97 Å². The quantitative estimate of drug-likeness (QED) is 0.470. The topological polar surface area (TPSA) is 76.6 Å². The summed E-state index contributed by atoms with van der Waals surface area (Å²) < 4.78 is 10.8. The minimum Gasteiger partial charge on any atom is -0.495 e. The van der Waals surface area contributed by atoms with Gasteiger partial charge in [-0.2, -0.15) is 0 Å². The lowest BCUT2D eigenvalue weighted by atomic mass is 10.0. The number of nitrogens with zero attached hydrogens (tertiary/aromatic N) is 3. The van der Waals surface area contributed by atoms with Crippen LogP contribution in [0.4, 0.5) is 5.95 Å². The first-order valence-electron chi connectivity index (χ1n) is 10.9. The Labute approximate surface area is 207 Å². The number of fused-ring (bicyclic) bond motifs is 1. The number of halogens is 2. The number of aromatic nitrogens is 2. The van der Waals surface area contributed by atoms with Gasteiger partial charge < -0.3 is 19.7 Å². The van der Waals surface area contributed by atoms with Crippen LogP contribution in [0, 0.1) is 5.41 Å². The molecule has 1 aliphatic carbocycles. The molecule has 3 aromatic rings. The van der Waals surface area contributed by atoms with Crippen LogP contribution < -0.4 is 14.8 Å². The van der Waals surface area contributed by atoms with Crippen molar-refractivity contribution in [2.45, 2.75) is 18.9 Å². The summed E-state index contributed by atoms with van der Waals surface area (Å²) in [5.74, 6) is 1.46. The largest absolute Gasteiger partial charge is 0.495 e. The summed E-state index contributed by atoms with van der Waals surface area (Å²) in [6, 6.07) is 7.54. The summed E-state index contributed by atoms with van der Waals surface area (Å²) in [7, 11) is 3.09. The summed E-state index contributed by atoms with van der Waals surface area (Å²) in [6.07, 6.45) is 5.33. The fourth-order valence-corrected chi connectivity index (χ4v) is 5.40. The SMILES string of the molecule is C=CC(=O)N1CC(Nc2ncc3cc(-c4c(Cl)c(OC)cc(OC)c4Cl)ccc3n2)C2(CC2)C1. The second kappa shape index (κ2) is 8.64. The number of carbonyl (C=O) groups excluding carboxylic acids is 1. The number of ether oxygens (including phenoxy) is 2. The van der Waals surface area contributed by atoms with Crippen LogP contribution in [-0.4, -0.2) is 54.1 Å². The number of nitrogens with one attached hydrogen (secondary N) is 1. The van der Waals surface area contributed by atoms with E-state index >= 15 is 0 Å². The molecule has 1 atom stereocenters. The Hall–Kier alpha value is -3.03. The van der Waals surface area contributed by atoms with E-state index in [-0.39, 0.29) is 17.4 Å². The maximum atomic E-state index is 12.1. The van der Waals surface area contributed by atoms with Crippen LogP contribution in [0.3, 0.4) is 0 Å². The molecule has 1 aliphatic heterocycles. The summed E-state index contributed by atoms with van der Waals surface area (Å²) in [5, 5.41) is 5.11. The zero-order valence-corrected chi connectivity index (χ0v) is 20.4. The molecule has 5 rings (SSSR count). The minimum atomic E-state index is -0.0333. The monoisotopic (exact) mass is 498 g/mol. The van der Waals surface area contributed by atoms with Crippen LogP contribution >= 0.6 is 23.2 Å². The van der Waals surface area contributed by atoms with Gasteiger partial charge in [-0.05, 0) is 36.6 Å². The molecular formula is C25H24Cl2N4O3. The molecule has 7 nitrogen and oxygen atoms in total. The van der Waals surface area contributed by atoms with E-state index in [0.717, 1.165) is 35.9 Å². The van der Waals surface area contributed by atoms with Gasteiger partial charge in [0.1, 0.15) is 11.5 Å². The van der Waals surface area contributed by atoms with Crippen LogP contribution in [-0.2, 0) is 4.79 Å². The molecule has 1 spiro atoms. The number of amides is 1. The normalized spacial score (nSPS) is 18.2. The van der Waals surface area contributed by atoms with Crippen molar-refractivity contribution in [1.82, 2.24) is 14.9 Å². The highest BCUT2D eigenvalue weighted by molar-refractivity contribution is 6.41. The smallest absolute Gasteiger partial charge is 0.246 e. The molecule has 1 aromatic heterocycles. The number of hydrogen-bond donors (Lipinski definition) is 1. The van der Waals surface area contributed by atoms with Gasteiger partial charge in [0.25, 0.3) is 0 Å². The van der Waals surface area contributed by atoms with Crippen LogP contribution in [0.1, 0.15) is 12.8 Å². The van der Waals surface area contributed by atoms with Crippen molar-refractivity contribution in [3.05, 3.63) is 53.2 Å². The highest BCUT2D eigenvalue weighted by Gasteiger charge is 2.56. The number of likely N-dealkylation sites (tertiary alicyclic amines) is 1. The van der Waals surface area contributed by atoms with Crippen LogP contribution in [0.2, 0.25) is 10.0 Å². The zero-order chi connectivity index (χ0) is 24.0. The van der Waals surface area contributed by atoms with Crippen molar-refractivity contribution in [2.24, 2.45) is 5.41 Å². The van der Waals surface area contributed by atoms with Crippen LogP contribution in [0.15, 0.2) is 43.1 Å². The lowest BCUT2D eigenvalue weighted by Gasteiger charge is -2.18. The molecule has 1 saturated carbocycles. The summed E-state index contributed by atoms with van der Waals surface area (Å²) in [4.78, 5) is 23.2. The molecule has 2 heterocycles. The van der Waals surface area contributed by atoms with Gasteiger partial charge in [0.15, 0.2) is 0 Å². The first-order valence-corrected chi connectivity index (χ1v) is 11.7. The predicted molar refractivity (Wildman–Crippen MR) is 134 cm³/mol. The Kier molecular flexibility index (Phi) is 5.78. The van der Waals surface area contributed by atoms with E-state index in [2.05, 4.69) is 16.9 Å². The van der Waals surface area contributed by atoms with Gasteiger partial charge in [-0.15, -0.1) is 0 Å². The predicted octanol–water partition coefficient (Wildman–Crippen LogP) is 5.21. The number of rotatable bonds is 6. The first kappa shape index (κ1) is 22.7. The average Bonchev–Trinajstić information content (AvgIpc) is 3.54. The number of methoxy groups -OCH3 is 2. The van der Waals surface area contributed by atoms with Gasteiger partial charge in [0, 0.05) is 41.7 Å². The Morgan fingerprint density at radius 2 is 1.91 bits per heavy atom. The van der Waals surface area contributed by atoms with Gasteiger partial charge in [-0.3, -0.25) is 4.79 Å². The Morgan fingerprint density at radius 3 is 2.53 bits per heavy atom. The highest BCUT2D eigenvalue weighted by atomic mass is 35.5. The van der Waals surface area contributed by atoms with Crippen LogP contribution in [0.5, 0.6) is 11.5 Å². The summed E-state index contributed by atoms with van der Waals surface area (Å²) >= 11 is 13.2. The van der Waals surface area contributed by atoms with Crippen molar-refractivity contribution in [1.29, 1.82) is 0 Å². The van der Waals surface area contributed by atoms with E-state index in [0.29, 0.717) is 39.6 Å². The molecular weight excluding hydrogens is 475 g/mol. The fraction of sp³-hybridized carbons (Fsp3) is 0.320. The molecule has 9 heteroatoms. The highest BCUT2D eigenvalue weighted by Crippen LogP contribution is 2.53. The molecule has 0 radical (unpaired) electrons. The second-order valence-corrected chi connectivity index (χ2v) is 9.49. The third-order valence-electron chi connectivity index (χ3n) is 6.77. The van der Waals surface area contributed by atoms with Crippen molar-refractivity contribution in [2.75, 3.05) is 32.6 Å². The summed E-state index contributed by atoms with van der Waals surface area (Å²) in [5.41, 5.74) is 2.32. The van der Waals surface area contributed by atoms with E-state index < -0.39 is 0 Å². The number of benzene rings is 2. The molecule has 2 aromatic carbocycles. The third kappa shape index (κ3) is 3.83. The second-order valence-electron chi connectivity index (χ2n) is 8.73. The maximum absolute atomic E-state index is 12.1. The Bertz CT molecular complexity index is 1280. The van der Waals surface area contributed by atoms with E-state index in [1.165, 1.54) is 6.08 Å².